The zero-order chi connectivity index (χ0) is 7.98. The molecule has 0 fully saturated rings. The quantitative estimate of drug-likeness (QED) is 0.410. The molecule has 10 heavy (non-hydrogen) atoms. The molecule has 0 aromatic rings. The number of nitrogens with two attached hydrogens (primary N) is 1. The van der Waals surface area contributed by atoms with Gasteiger partial charge in [-0.15, -0.1) is 0 Å². The summed E-state index contributed by atoms with van der Waals surface area (Å²) in [6.07, 6.45) is 0.530. The zero-order valence-corrected chi connectivity index (χ0v) is 5.99. The van der Waals surface area contributed by atoms with E-state index in [4.69, 9.17) is 11.0 Å². The van der Waals surface area contributed by atoms with Crippen molar-refractivity contribution >= 4 is 6.29 Å². The van der Waals surface area contributed by atoms with E-state index in [1.165, 1.54) is 0 Å². The first-order chi connectivity index (χ1) is 4.70. The average molecular weight is 147 g/mol. The fraction of sp³-hybridized carbons (Fsp3) is 0.833. The Hall–Kier alpha value is -0.450. The van der Waals surface area contributed by atoms with Gasteiger partial charge in [0.2, 0.25) is 0 Å². The molecule has 0 radical (unpaired) electrons. The molecule has 0 aliphatic carbocycles. The molecule has 0 aliphatic heterocycles. The van der Waals surface area contributed by atoms with Crippen LogP contribution in [0.3, 0.4) is 0 Å². The molecular formula is C6H13NO3. The van der Waals surface area contributed by atoms with E-state index in [9.17, 15) is 4.79 Å². The molecule has 0 spiro atoms. The Morgan fingerprint density at radius 2 is 2.40 bits per heavy atom. The fourth-order valence-corrected chi connectivity index (χ4v) is 0.695. The van der Waals surface area contributed by atoms with Crippen LogP contribution < -0.4 is 5.90 Å². The van der Waals surface area contributed by atoms with Crippen molar-refractivity contribution in [3.05, 3.63) is 0 Å². The number of aldehydes is 1. The van der Waals surface area contributed by atoms with Gasteiger partial charge in [0.1, 0.15) is 6.29 Å². The van der Waals surface area contributed by atoms with Gasteiger partial charge in [-0.25, -0.2) is 5.90 Å². The number of aliphatic hydroxyl groups is 1. The summed E-state index contributed by atoms with van der Waals surface area (Å²) in [6.45, 7) is 1.62. The molecule has 2 atom stereocenters. The van der Waals surface area contributed by atoms with Gasteiger partial charge in [-0.3, -0.25) is 0 Å². The minimum absolute atomic E-state index is 0.237. The third kappa shape index (κ3) is 4.43. The molecule has 0 saturated carbocycles. The summed E-state index contributed by atoms with van der Waals surface area (Å²) in [4.78, 5) is 14.3. The predicted molar refractivity (Wildman–Crippen MR) is 36.0 cm³/mol. The van der Waals surface area contributed by atoms with Crippen molar-refractivity contribution in [3.8, 4) is 0 Å². The number of hydrogen-bond donors (Lipinski definition) is 2. The molecule has 0 bridgehead atoms. The van der Waals surface area contributed by atoms with Crippen molar-refractivity contribution in [2.45, 2.75) is 32.0 Å². The lowest BCUT2D eigenvalue weighted by atomic mass is 10.1. The molecule has 0 saturated heterocycles. The Morgan fingerprint density at radius 3 is 2.70 bits per heavy atom. The predicted octanol–water partition coefficient (Wildman–Crippen LogP) is -0.395. The van der Waals surface area contributed by atoms with Crippen LogP contribution >= 0.6 is 0 Å². The van der Waals surface area contributed by atoms with E-state index >= 15 is 0 Å². The Bertz CT molecular complexity index is 95.0. The van der Waals surface area contributed by atoms with Crippen LogP contribution in [0.15, 0.2) is 0 Å². The first kappa shape index (κ1) is 9.55. The summed E-state index contributed by atoms with van der Waals surface area (Å²) in [5.41, 5.74) is 0. The molecule has 4 nitrogen and oxygen atoms in total. The topological polar surface area (TPSA) is 72.5 Å². The number of aliphatic hydroxyl groups excluding tert-OH is 1. The van der Waals surface area contributed by atoms with Crippen molar-refractivity contribution in [3.63, 3.8) is 0 Å². The normalized spacial score (nSPS) is 16.3. The molecule has 0 aromatic carbocycles. The van der Waals surface area contributed by atoms with Crippen LogP contribution in [0.2, 0.25) is 0 Å². The Morgan fingerprint density at radius 1 is 1.80 bits per heavy atom. The molecule has 0 amide bonds. The lowest BCUT2D eigenvalue weighted by Crippen LogP contribution is -2.22. The van der Waals surface area contributed by atoms with Crippen LogP contribution in [0, 0.1) is 0 Å². The zero-order valence-electron chi connectivity index (χ0n) is 5.99. The van der Waals surface area contributed by atoms with Gasteiger partial charge in [0.05, 0.1) is 12.2 Å². The minimum Gasteiger partial charge on any atom is -0.393 e. The summed E-state index contributed by atoms with van der Waals surface area (Å²) in [7, 11) is 0. The summed E-state index contributed by atoms with van der Waals surface area (Å²) < 4.78 is 0. The second kappa shape index (κ2) is 5.34. The number of carbonyl (C=O) groups is 1. The maximum Gasteiger partial charge on any atom is 0.122 e. The smallest absolute Gasteiger partial charge is 0.122 e. The van der Waals surface area contributed by atoms with Crippen molar-refractivity contribution < 1.29 is 14.7 Å². The average Bonchev–Trinajstić information content (AvgIpc) is 1.86. The van der Waals surface area contributed by atoms with Crippen LogP contribution in [0.1, 0.15) is 19.8 Å². The Labute approximate surface area is 59.9 Å². The molecule has 0 rings (SSSR count). The summed E-state index contributed by atoms with van der Waals surface area (Å²) in [5, 5.41) is 8.83. The highest BCUT2D eigenvalue weighted by molar-refractivity contribution is 5.50. The van der Waals surface area contributed by atoms with Gasteiger partial charge < -0.3 is 14.7 Å². The molecule has 0 aromatic heterocycles. The highest BCUT2D eigenvalue weighted by Crippen LogP contribution is 2.02. The molecule has 60 valence electrons. The van der Waals surface area contributed by atoms with Crippen LogP contribution in [0.5, 0.6) is 0 Å². The third-order valence-corrected chi connectivity index (χ3v) is 1.16. The van der Waals surface area contributed by atoms with Crippen LogP contribution in [-0.4, -0.2) is 23.6 Å². The van der Waals surface area contributed by atoms with Gasteiger partial charge in [0.25, 0.3) is 0 Å². The third-order valence-electron chi connectivity index (χ3n) is 1.16. The van der Waals surface area contributed by atoms with E-state index in [-0.39, 0.29) is 12.5 Å². The SMILES string of the molecule is C[C@H](O)C[C@H](CC=O)ON. The van der Waals surface area contributed by atoms with Gasteiger partial charge >= 0.3 is 0 Å². The van der Waals surface area contributed by atoms with Crippen LogP contribution in [-0.2, 0) is 9.63 Å². The molecule has 0 aliphatic rings. The highest BCUT2D eigenvalue weighted by Gasteiger charge is 2.09. The van der Waals surface area contributed by atoms with Crippen molar-refractivity contribution in [2.75, 3.05) is 0 Å². The Kier molecular flexibility index (Phi) is 5.10. The van der Waals surface area contributed by atoms with Crippen molar-refractivity contribution in [2.24, 2.45) is 5.90 Å². The van der Waals surface area contributed by atoms with Gasteiger partial charge in [0.15, 0.2) is 0 Å². The second-order valence-corrected chi connectivity index (χ2v) is 2.25. The van der Waals surface area contributed by atoms with Crippen molar-refractivity contribution in [1.29, 1.82) is 0 Å². The van der Waals surface area contributed by atoms with E-state index in [0.717, 1.165) is 6.29 Å². The molecule has 4 heteroatoms. The molecule has 0 unspecified atom stereocenters. The van der Waals surface area contributed by atoms with E-state index < -0.39 is 6.10 Å². The van der Waals surface area contributed by atoms with Gasteiger partial charge in [-0.1, -0.05) is 0 Å². The van der Waals surface area contributed by atoms with E-state index in [1.807, 2.05) is 0 Å². The fourth-order valence-electron chi connectivity index (χ4n) is 0.695. The minimum atomic E-state index is -0.478. The van der Waals surface area contributed by atoms with Crippen LogP contribution in [0.4, 0.5) is 0 Å². The first-order valence-corrected chi connectivity index (χ1v) is 3.18. The largest absolute Gasteiger partial charge is 0.393 e. The number of carbonyl (C=O) groups excluding carboxylic acids is 1. The van der Waals surface area contributed by atoms with Gasteiger partial charge in [-0.05, 0) is 6.92 Å². The monoisotopic (exact) mass is 147 g/mol. The first-order valence-electron chi connectivity index (χ1n) is 3.18. The lowest BCUT2D eigenvalue weighted by Gasteiger charge is -2.12. The van der Waals surface area contributed by atoms with Crippen molar-refractivity contribution in [1.82, 2.24) is 0 Å². The maximum absolute atomic E-state index is 9.94. The molecule has 3 N–H and O–H groups in total. The van der Waals surface area contributed by atoms with Gasteiger partial charge in [-0.2, -0.15) is 0 Å². The molecular weight excluding hydrogens is 134 g/mol. The number of rotatable bonds is 5. The lowest BCUT2D eigenvalue weighted by molar-refractivity contribution is -0.111. The van der Waals surface area contributed by atoms with E-state index in [2.05, 4.69) is 4.84 Å². The Balaban J connectivity index is 3.48. The van der Waals surface area contributed by atoms with E-state index in [0.29, 0.717) is 6.42 Å². The summed E-state index contributed by atoms with van der Waals surface area (Å²) in [6, 6.07) is 0. The van der Waals surface area contributed by atoms with Crippen LogP contribution in [0.25, 0.3) is 0 Å². The maximum atomic E-state index is 9.94. The van der Waals surface area contributed by atoms with Gasteiger partial charge in [0, 0.05) is 12.8 Å². The van der Waals surface area contributed by atoms with E-state index in [1.54, 1.807) is 6.92 Å². The summed E-state index contributed by atoms with van der Waals surface area (Å²) >= 11 is 0. The summed E-state index contributed by atoms with van der Waals surface area (Å²) in [5.74, 6) is 4.84. The highest BCUT2D eigenvalue weighted by atomic mass is 16.6. The second-order valence-electron chi connectivity index (χ2n) is 2.25. The number of hydrogen-bond acceptors (Lipinski definition) is 4. The molecule has 0 heterocycles. The standard InChI is InChI=1S/C6H13NO3/c1-5(9)4-6(10-7)2-3-8/h3,5-6,9H,2,4,7H2,1H3/t5-,6-/m0/s1.